The van der Waals surface area contributed by atoms with E-state index >= 15 is 0 Å². The first-order valence-electron chi connectivity index (χ1n) is 8.44. The van der Waals surface area contributed by atoms with Crippen molar-refractivity contribution < 1.29 is 5.11 Å². The zero-order valence-electron chi connectivity index (χ0n) is 15.2. The van der Waals surface area contributed by atoms with Crippen LogP contribution in [0.3, 0.4) is 0 Å². The first-order chi connectivity index (χ1) is 11.6. The number of phenolic OH excluding ortho intramolecular Hbond substituents is 1. The quantitative estimate of drug-likeness (QED) is 0.353. The lowest BCUT2D eigenvalue weighted by Crippen LogP contribution is -2.38. The van der Waals surface area contributed by atoms with Gasteiger partial charge in [-0.15, -0.1) is 24.0 Å². The van der Waals surface area contributed by atoms with Crippen molar-refractivity contribution in [1.82, 2.24) is 10.6 Å². The van der Waals surface area contributed by atoms with Crippen LogP contribution in [0.25, 0.3) is 0 Å². The Labute approximate surface area is 167 Å². The summed E-state index contributed by atoms with van der Waals surface area (Å²) in [5.41, 5.74) is 4.89. The lowest BCUT2D eigenvalue weighted by atomic mass is 10.1. The van der Waals surface area contributed by atoms with Crippen LogP contribution in [-0.2, 0) is 13.0 Å². The molecule has 25 heavy (non-hydrogen) atoms. The molecule has 0 heterocycles. The molecule has 0 amide bonds. The van der Waals surface area contributed by atoms with Gasteiger partial charge in [0.25, 0.3) is 0 Å². The molecule has 0 saturated carbocycles. The molecule has 3 N–H and O–H groups in total. The summed E-state index contributed by atoms with van der Waals surface area (Å²) in [4.78, 5) is 4.67. The van der Waals surface area contributed by atoms with E-state index in [1.807, 2.05) is 12.1 Å². The maximum Gasteiger partial charge on any atom is 0.191 e. The van der Waals surface area contributed by atoms with Gasteiger partial charge in [-0.25, -0.2) is 4.99 Å². The maximum absolute atomic E-state index is 9.51. The van der Waals surface area contributed by atoms with Gasteiger partial charge in [0.05, 0.1) is 6.54 Å². The Hall–Kier alpha value is -1.76. The molecule has 0 aromatic heterocycles. The summed E-state index contributed by atoms with van der Waals surface area (Å²) in [7, 11) is 0. The van der Waals surface area contributed by atoms with Crippen molar-refractivity contribution in [2.75, 3.05) is 13.1 Å². The topological polar surface area (TPSA) is 56.7 Å². The van der Waals surface area contributed by atoms with Crippen LogP contribution < -0.4 is 10.6 Å². The van der Waals surface area contributed by atoms with E-state index in [4.69, 9.17) is 0 Å². The number of nitrogens with zero attached hydrogens (tertiary/aromatic N) is 1. The fourth-order valence-corrected chi connectivity index (χ4v) is 2.57. The van der Waals surface area contributed by atoms with Crippen LogP contribution in [0.1, 0.15) is 29.2 Å². The third kappa shape index (κ3) is 7.34. The number of aryl methyl sites for hydroxylation is 2. The van der Waals surface area contributed by atoms with Gasteiger partial charge < -0.3 is 15.7 Å². The van der Waals surface area contributed by atoms with Crippen LogP contribution in [-0.4, -0.2) is 24.2 Å². The van der Waals surface area contributed by atoms with Crippen molar-refractivity contribution in [3.8, 4) is 5.75 Å². The lowest BCUT2D eigenvalue weighted by molar-refractivity contribution is 0.474. The second-order valence-electron chi connectivity index (χ2n) is 5.97. The smallest absolute Gasteiger partial charge is 0.191 e. The van der Waals surface area contributed by atoms with Crippen molar-refractivity contribution >= 4 is 29.9 Å². The summed E-state index contributed by atoms with van der Waals surface area (Å²) < 4.78 is 0. The van der Waals surface area contributed by atoms with Crippen LogP contribution in [0.15, 0.2) is 47.5 Å². The fraction of sp³-hybridized carbons (Fsp3) is 0.350. The van der Waals surface area contributed by atoms with Gasteiger partial charge in [0.2, 0.25) is 0 Å². The Morgan fingerprint density at radius 1 is 1.08 bits per heavy atom. The third-order valence-electron chi connectivity index (χ3n) is 3.87. The molecular weight excluding hydrogens is 425 g/mol. The van der Waals surface area contributed by atoms with Gasteiger partial charge in [0, 0.05) is 13.1 Å². The minimum atomic E-state index is 0. The Kier molecular flexibility index (Phi) is 9.34. The lowest BCUT2D eigenvalue weighted by Gasteiger charge is -2.12. The molecule has 136 valence electrons. The molecule has 0 saturated heterocycles. The zero-order valence-corrected chi connectivity index (χ0v) is 17.5. The van der Waals surface area contributed by atoms with E-state index in [2.05, 4.69) is 54.6 Å². The van der Waals surface area contributed by atoms with E-state index in [0.717, 1.165) is 31.0 Å². The average Bonchev–Trinajstić information content (AvgIpc) is 2.54. The molecule has 4 nitrogen and oxygen atoms in total. The first-order valence-corrected chi connectivity index (χ1v) is 8.44. The molecule has 2 rings (SSSR count). The number of phenols is 1. The van der Waals surface area contributed by atoms with Crippen molar-refractivity contribution in [3.63, 3.8) is 0 Å². The van der Waals surface area contributed by atoms with Crippen LogP contribution in [0, 0.1) is 13.8 Å². The first kappa shape index (κ1) is 21.3. The number of hydrogen-bond donors (Lipinski definition) is 3. The minimum absolute atomic E-state index is 0. The van der Waals surface area contributed by atoms with E-state index in [0.29, 0.717) is 12.3 Å². The molecular formula is C20H28IN3O. The van der Waals surface area contributed by atoms with Gasteiger partial charge in [-0.1, -0.05) is 35.9 Å². The van der Waals surface area contributed by atoms with Gasteiger partial charge in [0.1, 0.15) is 5.75 Å². The molecule has 0 radical (unpaired) electrons. The van der Waals surface area contributed by atoms with E-state index in [9.17, 15) is 5.11 Å². The molecule has 0 fully saturated rings. The van der Waals surface area contributed by atoms with E-state index in [1.165, 1.54) is 16.7 Å². The third-order valence-corrected chi connectivity index (χ3v) is 3.87. The molecule has 2 aromatic rings. The van der Waals surface area contributed by atoms with Gasteiger partial charge >= 0.3 is 0 Å². The minimum Gasteiger partial charge on any atom is -0.508 e. The van der Waals surface area contributed by atoms with E-state index in [1.54, 1.807) is 12.1 Å². The summed E-state index contributed by atoms with van der Waals surface area (Å²) in [5.74, 6) is 1.13. The number of halogens is 1. The van der Waals surface area contributed by atoms with E-state index in [-0.39, 0.29) is 24.0 Å². The predicted octanol–water partition coefficient (Wildman–Crippen LogP) is 3.92. The Morgan fingerprint density at radius 3 is 2.56 bits per heavy atom. The molecule has 0 spiro atoms. The second kappa shape index (κ2) is 11.0. The van der Waals surface area contributed by atoms with Crippen LogP contribution >= 0.6 is 24.0 Å². The number of nitrogens with one attached hydrogen (secondary N) is 2. The molecule has 0 aliphatic heterocycles. The fourth-order valence-electron chi connectivity index (χ4n) is 2.57. The molecule has 0 atom stereocenters. The maximum atomic E-state index is 9.51. The summed E-state index contributed by atoms with van der Waals surface area (Å²) in [6.07, 6.45) is 0.836. The highest BCUT2D eigenvalue weighted by atomic mass is 127. The summed E-state index contributed by atoms with van der Waals surface area (Å²) in [6, 6.07) is 13.8. The Balaban J connectivity index is 0.00000312. The van der Waals surface area contributed by atoms with Crippen molar-refractivity contribution in [3.05, 3.63) is 64.7 Å². The largest absolute Gasteiger partial charge is 0.508 e. The van der Waals surface area contributed by atoms with Crippen LogP contribution in [0.5, 0.6) is 5.75 Å². The number of hydrogen-bond acceptors (Lipinski definition) is 2. The molecule has 5 heteroatoms. The number of rotatable bonds is 6. The predicted molar refractivity (Wildman–Crippen MR) is 116 cm³/mol. The second-order valence-corrected chi connectivity index (χ2v) is 5.97. The molecule has 0 aliphatic rings. The number of guanidine groups is 1. The highest BCUT2D eigenvalue weighted by molar-refractivity contribution is 14.0. The van der Waals surface area contributed by atoms with E-state index < -0.39 is 0 Å². The van der Waals surface area contributed by atoms with Gasteiger partial charge in [-0.05, 0) is 56.0 Å². The monoisotopic (exact) mass is 453 g/mol. The normalized spacial score (nSPS) is 10.9. The SMILES string of the molecule is CCNC(=NCc1ccc(C)cc1C)NCCc1cccc(O)c1.I. The number of benzene rings is 2. The zero-order chi connectivity index (χ0) is 17.4. The summed E-state index contributed by atoms with van der Waals surface area (Å²) in [5, 5.41) is 16.1. The van der Waals surface area contributed by atoms with Crippen molar-refractivity contribution in [2.24, 2.45) is 4.99 Å². The summed E-state index contributed by atoms with van der Waals surface area (Å²) >= 11 is 0. The van der Waals surface area contributed by atoms with Gasteiger partial charge in [-0.2, -0.15) is 0 Å². The van der Waals surface area contributed by atoms with Crippen LogP contribution in [0.2, 0.25) is 0 Å². The standard InChI is InChI=1S/C20H27N3O.HI/c1-4-21-20(22-11-10-17-6-5-7-19(24)13-17)23-14-18-9-8-15(2)12-16(18)3;/h5-9,12-13,24H,4,10-11,14H2,1-3H3,(H2,21,22,23);1H. The molecule has 0 unspecified atom stereocenters. The van der Waals surface area contributed by atoms with Gasteiger partial charge in [0.15, 0.2) is 5.96 Å². The Morgan fingerprint density at radius 2 is 1.88 bits per heavy atom. The highest BCUT2D eigenvalue weighted by Crippen LogP contribution is 2.12. The average molecular weight is 453 g/mol. The Bertz CT molecular complexity index is 701. The molecule has 2 aromatic carbocycles. The highest BCUT2D eigenvalue weighted by Gasteiger charge is 2.01. The van der Waals surface area contributed by atoms with Crippen molar-refractivity contribution in [1.29, 1.82) is 0 Å². The summed E-state index contributed by atoms with van der Waals surface area (Å²) in [6.45, 7) is 8.54. The van der Waals surface area contributed by atoms with Crippen LogP contribution in [0.4, 0.5) is 0 Å². The number of aromatic hydroxyl groups is 1. The van der Waals surface area contributed by atoms with Crippen molar-refractivity contribution in [2.45, 2.75) is 33.7 Å². The molecule has 0 aliphatic carbocycles. The van der Waals surface area contributed by atoms with Gasteiger partial charge in [-0.3, -0.25) is 0 Å². The molecule has 0 bridgehead atoms. The number of aliphatic imine (C=N–C) groups is 1.